The van der Waals surface area contributed by atoms with Crippen LogP contribution in [0.2, 0.25) is 0 Å². The van der Waals surface area contributed by atoms with E-state index in [4.69, 9.17) is 0 Å². The molecule has 2 saturated heterocycles. The number of hydrogen-bond acceptors (Lipinski definition) is 5. The van der Waals surface area contributed by atoms with Crippen LogP contribution >= 0.6 is 0 Å². The first-order valence-electron chi connectivity index (χ1n) is 19.1. The number of rotatable bonds is 11. The molecule has 0 aliphatic carbocycles. The predicted octanol–water partition coefficient (Wildman–Crippen LogP) is 6.20. The molecule has 0 bridgehead atoms. The summed E-state index contributed by atoms with van der Waals surface area (Å²) in [5.41, 5.74) is 8.18. The maximum Gasteiger partial charge on any atom is 0.256 e. The number of nitrogens with zero attached hydrogens (tertiary/aromatic N) is 5. The molecule has 0 radical (unpaired) electrons. The summed E-state index contributed by atoms with van der Waals surface area (Å²) in [5.74, 6) is 0.00170. The lowest BCUT2D eigenvalue weighted by Gasteiger charge is -2.42. The molecule has 0 spiro atoms. The number of aryl methyl sites for hydroxylation is 1. The van der Waals surface area contributed by atoms with E-state index in [0.29, 0.717) is 51.3 Å². The lowest BCUT2D eigenvalue weighted by atomic mass is 9.99. The lowest BCUT2D eigenvalue weighted by Crippen LogP contribution is -2.55. The summed E-state index contributed by atoms with van der Waals surface area (Å²) in [6, 6.07) is 41.9. The Morgan fingerprint density at radius 3 is 2.04 bits per heavy atom. The van der Waals surface area contributed by atoms with Gasteiger partial charge in [0.2, 0.25) is 11.8 Å². The fourth-order valence-electron chi connectivity index (χ4n) is 7.95. The van der Waals surface area contributed by atoms with Crippen molar-refractivity contribution in [3.8, 4) is 16.9 Å². The van der Waals surface area contributed by atoms with Crippen LogP contribution in [-0.2, 0) is 22.6 Å². The minimum atomic E-state index is -0.123. The third-order valence-electron chi connectivity index (χ3n) is 10.7. The molecule has 2 fully saturated rings. The Balaban J connectivity index is 1.16. The van der Waals surface area contributed by atoms with E-state index >= 15 is 0 Å². The standard InChI is InChI=1S/C45H50N6O3/c1-34-29-42(45(54)50-28-23-47(32-37-15-8-4-9-16-37)33-41(50)30-36-13-6-3-7-14-36)44(38-17-10-5-11-18-38)51(34)40-20-12-19-39(31-40)48-24-26-49(27-25-48)43(53)21-22-46-35(2)52/h3-20,29,31,41H,21-28,30,32-33H2,1-2H3,(H,46,52)/t41-/m1/s1. The van der Waals surface area contributed by atoms with Crippen LogP contribution in [0.3, 0.4) is 0 Å². The minimum absolute atomic E-state index is 0.0175. The quantitative estimate of drug-likeness (QED) is 0.176. The zero-order valence-corrected chi connectivity index (χ0v) is 31.4. The van der Waals surface area contributed by atoms with Crippen LogP contribution in [0.1, 0.15) is 40.5 Å². The first-order valence-corrected chi connectivity index (χ1v) is 19.1. The van der Waals surface area contributed by atoms with Crippen molar-refractivity contribution in [3.05, 3.63) is 144 Å². The van der Waals surface area contributed by atoms with Gasteiger partial charge in [-0.3, -0.25) is 19.3 Å². The second kappa shape index (κ2) is 17.0. The zero-order valence-electron chi connectivity index (χ0n) is 31.4. The van der Waals surface area contributed by atoms with Gasteiger partial charge in [-0.15, -0.1) is 0 Å². The van der Waals surface area contributed by atoms with Crippen molar-refractivity contribution in [1.82, 2.24) is 24.6 Å². The molecule has 9 nitrogen and oxygen atoms in total. The van der Waals surface area contributed by atoms with Crippen molar-refractivity contribution >= 4 is 23.4 Å². The van der Waals surface area contributed by atoms with E-state index in [1.807, 2.05) is 29.2 Å². The molecular weight excluding hydrogens is 673 g/mol. The number of amides is 3. The van der Waals surface area contributed by atoms with Crippen LogP contribution in [0.25, 0.3) is 16.9 Å². The smallest absolute Gasteiger partial charge is 0.256 e. The highest BCUT2D eigenvalue weighted by Gasteiger charge is 2.34. The normalized spacial score (nSPS) is 16.3. The molecule has 5 aromatic rings. The van der Waals surface area contributed by atoms with Gasteiger partial charge in [-0.2, -0.15) is 0 Å². The van der Waals surface area contributed by atoms with Crippen molar-refractivity contribution in [2.45, 2.75) is 39.3 Å². The topological polar surface area (TPSA) is 81.1 Å². The van der Waals surface area contributed by atoms with Crippen LogP contribution in [0.4, 0.5) is 5.69 Å². The Hall–Kier alpha value is -5.67. The molecule has 1 aromatic heterocycles. The van der Waals surface area contributed by atoms with Gasteiger partial charge in [0.15, 0.2) is 0 Å². The number of hydrogen-bond donors (Lipinski definition) is 1. The Kier molecular flexibility index (Phi) is 11.5. The molecule has 0 unspecified atom stereocenters. The van der Waals surface area contributed by atoms with E-state index in [9.17, 15) is 14.4 Å². The predicted molar refractivity (Wildman–Crippen MR) is 215 cm³/mol. The van der Waals surface area contributed by atoms with Crippen LogP contribution in [0.15, 0.2) is 121 Å². The highest BCUT2D eigenvalue weighted by atomic mass is 16.2. The first kappa shape index (κ1) is 36.7. The Morgan fingerprint density at radius 2 is 1.35 bits per heavy atom. The largest absolute Gasteiger partial charge is 0.368 e. The van der Waals surface area contributed by atoms with Crippen LogP contribution in [0, 0.1) is 6.92 Å². The van der Waals surface area contributed by atoms with Crippen molar-refractivity contribution < 1.29 is 14.4 Å². The molecular formula is C45H50N6O3. The number of benzene rings is 4. The molecule has 1 N–H and O–H groups in total. The van der Waals surface area contributed by atoms with Gasteiger partial charge in [-0.1, -0.05) is 97.1 Å². The van der Waals surface area contributed by atoms with Gasteiger partial charge in [0, 0.05) is 95.4 Å². The highest BCUT2D eigenvalue weighted by molar-refractivity contribution is 6.01. The second-order valence-corrected chi connectivity index (χ2v) is 14.4. The van der Waals surface area contributed by atoms with Crippen LogP contribution in [0.5, 0.6) is 0 Å². The average Bonchev–Trinajstić information content (AvgIpc) is 3.55. The van der Waals surface area contributed by atoms with E-state index in [-0.39, 0.29) is 23.8 Å². The summed E-state index contributed by atoms with van der Waals surface area (Å²) < 4.78 is 2.23. The summed E-state index contributed by atoms with van der Waals surface area (Å²) in [7, 11) is 0. The number of aromatic nitrogens is 1. The fourth-order valence-corrected chi connectivity index (χ4v) is 7.95. The fraction of sp³-hybridized carbons (Fsp3) is 0.311. The monoisotopic (exact) mass is 722 g/mol. The van der Waals surface area contributed by atoms with Crippen molar-refractivity contribution in [2.75, 3.05) is 57.3 Å². The van der Waals surface area contributed by atoms with Gasteiger partial charge in [0.25, 0.3) is 5.91 Å². The zero-order chi connectivity index (χ0) is 37.4. The molecule has 4 aromatic carbocycles. The molecule has 0 saturated carbocycles. The number of piperazine rings is 2. The van der Waals surface area contributed by atoms with Crippen molar-refractivity contribution in [2.24, 2.45) is 0 Å². The second-order valence-electron chi connectivity index (χ2n) is 14.4. The van der Waals surface area contributed by atoms with Crippen molar-refractivity contribution in [1.29, 1.82) is 0 Å². The van der Waals surface area contributed by atoms with Crippen LogP contribution < -0.4 is 10.2 Å². The molecule has 1 atom stereocenters. The van der Waals surface area contributed by atoms with E-state index in [0.717, 1.165) is 54.4 Å². The molecule has 54 heavy (non-hydrogen) atoms. The number of carbonyl (C=O) groups is 3. The van der Waals surface area contributed by atoms with Gasteiger partial charge in [0.05, 0.1) is 11.3 Å². The number of anilines is 1. The van der Waals surface area contributed by atoms with Gasteiger partial charge in [-0.05, 0) is 54.3 Å². The molecule has 3 amide bonds. The number of carbonyl (C=O) groups excluding carboxylic acids is 3. The average molecular weight is 723 g/mol. The van der Waals surface area contributed by atoms with Crippen LogP contribution in [-0.4, -0.2) is 95.4 Å². The third kappa shape index (κ3) is 8.58. The van der Waals surface area contributed by atoms with E-state index in [1.165, 1.54) is 18.1 Å². The molecule has 2 aliphatic heterocycles. The summed E-state index contributed by atoms with van der Waals surface area (Å²) >= 11 is 0. The SMILES string of the molecule is CC(=O)NCCC(=O)N1CCN(c2cccc(-n3c(C)cc(C(=O)N4CCN(Cc5ccccc5)C[C@H]4Cc4ccccc4)c3-c3ccccc3)c2)CC1. The molecule has 9 heteroatoms. The Morgan fingerprint density at radius 1 is 0.704 bits per heavy atom. The van der Waals surface area contributed by atoms with Gasteiger partial charge >= 0.3 is 0 Å². The highest BCUT2D eigenvalue weighted by Crippen LogP contribution is 2.34. The molecule has 3 heterocycles. The lowest BCUT2D eigenvalue weighted by molar-refractivity contribution is -0.131. The third-order valence-corrected chi connectivity index (χ3v) is 10.7. The maximum absolute atomic E-state index is 15.0. The first-order chi connectivity index (χ1) is 26.3. The molecule has 278 valence electrons. The summed E-state index contributed by atoms with van der Waals surface area (Å²) in [6.07, 6.45) is 1.09. The molecule has 2 aliphatic rings. The Labute approximate surface area is 318 Å². The van der Waals surface area contributed by atoms with Gasteiger partial charge in [0.1, 0.15) is 0 Å². The van der Waals surface area contributed by atoms with Gasteiger partial charge < -0.3 is 24.6 Å². The van der Waals surface area contributed by atoms with Gasteiger partial charge in [-0.25, -0.2) is 0 Å². The summed E-state index contributed by atoms with van der Waals surface area (Å²) in [5, 5.41) is 2.72. The summed E-state index contributed by atoms with van der Waals surface area (Å²) in [6.45, 7) is 9.71. The molecule has 7 rings (SSSR count). The Bertz CT molecular complexity index is 2040. The minimum Gasteiger partial charge on any atom is -0.368 e. The summed E-state index contributed by atoms with van der Waals surface area (Å²) in [4.78, 5) is 47.8. The number of nitrogens with one attached hydrogen (secondary N) is 1. The van der Waals surface area contributed by atoms with Crippen molar-refractivity contribution in [3.63, 3.8) is 0 Å². The van der Waals surface area contributed by atoms with E-state index in [1.54, 1.807) is 0 Å². The van der Waals surface area contributed by atoms with E-state index in [2.05, 4.69) is 129 Å². The maximum atomic E-state index is 15.0. The van der Waals surface area contributed by atoms with E-state index < -0.39 is 0 Å².